The Labute approximate surface area is 156 Å². The van der Waals surface area contributed by atoms with Crippen molar-refractivity contribution in [2.24, 2.45) is 0 Å². The maximum atomic E-state index is 12.3. The largest absolute Gasteiger partial charge is 0.573 e. The standard InChI is InChI=1S/C18H14F3N3O4/c1-10(27-17(26)15-13-4-2-3-5-14(13)23-24-15)16(25)22-11-6-8-12(9-7-11)28-18(19,20)21/h2-10H,1H3,(H,22,25)(H,23,24). The molecule has 0 saturated carbocycles. The molecule has 2 aromatic carbocycles. The van der Waals surface area contributed by atoms with Crippen molar-refractivity contribution in [2.75, 3.05) is 5.32 Å². The lowest BCUT2D eigenvalue weighted by molar-refractivity contribution is -0.274. The number of nitrogens with zero attached hydrogens (tertiary/aromatic N) is 1. The summed E-state index contributed by atoms with van der Waals surface area (Å²) in [7, 11) is 0. The topological polar surface area (TPSA) is 93.3 Å². The maximum Gasteiger partial charge on any atom is 0.573 e. The quantitative estimate of drug-likeness (QED) is 0.646. The molecular formula is C18H14F3N3O4. The highest BCUT2D eigenvalue weighted by Crippen LogP contribution is 2.24. The number of anilines is 1. The number of benzene rings is 2. The van der Waals surface area contributed by atoms with Crippen LogP contribution in [0.2, 0.25) is 0 Å². The summed E-state index contributed by atoms with van der Waals surface area (Å²) >= 11 is 0. The van der Waals surface area contributed by atoms with Gasteiger partial charge in [0.05, 0.1) is 5.52 Å². The van der Waals surface area contributed by atoms with Crippen LogP contribution in [0.1, 0.15) is 17.4 Å². The number of hydrogen-bond donors (Lipinski definition) is 2. The molecule has 3 rings (SSSR count). The zero-order valence-corrected chi connectivity index (χ0v) is 14.4. The van der Waals surface area contributed by atoms with E-state index in [-0.39, 0.29) is 11.4 Å². The van der Waals surface area contributed by atoms with Crippen molar-refractivity contribution in [3.8, 4) is 5.75 Å². The number of alkyl halides is 3. The minimum absolute atomic E-state index is 0.0453. The van der Waals surface area contributed by atoms with Gasteiger partial charge < -0.3 is 14.8 Å². The third-order valence-corrected chi connectivity index (χ3v) is 3.67. The van der Waals surface area contributed by atoms with Crippen molar-refractivity contribution in [1.29, 1.82) is 0 Å². The smallest absolute Gasteiger partial charge is 0.448 e. The molecule has 1 unspecified atom stereocenters. The molecule has 1 aromatic heterocycles. The minimum Gasteiger partial charge on any atom is -0.448 e. The second-order valence-corrected chi connectivity index (χ2v) is 5.73. The van der Waals surface area contributed by atoms with Gasteiger partial charge in [0, 0.05) is 11.1 Å². The Morgan fingerprint density at radius 3 is 2.46 bits per heavy atom. The van der Waals surface area contributed by atoms with Gasteiger partial charge in [-0.2, -0.15) is 5.10 Å². The van der Waals surface area contributed by atoms with Crippen LogP contribution in [0.5, 0.6) is 5.75 Å². The van der Waals surface area contributed by atoms with Crippen LogP contribution in [0.25, 0.3) is 10.9 Å². The lowest BCUT2D eigenvalue weighted by Gasteiger charge is -2.13. The summed E-state index contributed by atoms with van der Waals surface area (Å²) in [5.41, 5.74) is 0.907. The first-order chi connectivity index (χ1) is 13.2. The van der Waals surface area contributed by atoms with Gasteiger partial charge in [-0.25, -0.2) is 4.79 Å². The van der Waals surface area contributed by atoms with Gasteiger partial charge in [-0.05, 0) is 37.3 Å². The lowest BCUT2D eigenvalue weighted by Crippen LogP contribution is -2.30. The Morgan fingerprint density at radius 2 is 1.79 bits per heavy atom. The van der Waals surface area contributed by atoms with Crippen LogP contribution in [0.3, 0.4) is 0 Å². The number of carbonyl (C=O) groups is 2. The van der Waals surface area contributed by atoms with Crippen molar-refractivity contribution in [1.82, 2.24) is 10.2 Å². The van der Waals surface area contributed by atoms with Crippen molar-refractivity contribution in [3.05, 3.63) is 54.2 Å². The first kappa shape index (κ1) is 19.2. The molecule has 2 N–H and O–H groups in total. The maximum absolute atomic E-state index is 12.3. The molecule has 0 bridgehead atoms. The summed E-state index contributed by atoms with van der Waals surface area (Å²) in [6.07, 6.45) is -5.96. The molecule has 0 fully saturated rings. The Balaban J connectivity index is 1.60. The summed E-state index contributed by atoms with van der Waals surface area (Å²) in [5.74, 6) is -1.86. The molecule has 0 spiro atoms. The monoisotopic (exact) mass is 393 g/mol. The Bertz CT molecular complexity index is 999. The molecule has 3 aromatic rings. The van der Waals surface area contributed by atoms with E-state index < -0.39 is 30.1 Å². The van der Waals surface area contributed by atoms with Crippen molar-refractivity contribution in [3.63, 3.8) is 0 Å². The van der Waals surface area contributed by atoms with Crippen molar-refractivity contribution >= 4 is 28.5 Å². The number of aromatic amines is 1. The van der Waals surface area contributed by atoms with Crippen LogP contribution in [-0.2, 0) is 9.53 Å². The van der Waals surface area contributed by atoms with E-state index in [0.717, 1.165) is 12.1 Å². The third-order valence-electron chi connectivity index (χ3n) is 3.67. The second kappa shape index (κ2) is 7.59. The fraction of sp³-hybridized carbons (Fsp3) is 0.167. The average molecular weight is 393 g/mol. The predicted octanol–water partition coefficient (Wildman–Crippen LogP) is 3.65. The molecule has 1 amide bonds. The van der Waals surface area contributed by atoms with E-state index in [1.165, 1.54) is 19.1 Å². The number of amides is 1. The molecule has 0 saturated heterocycles. The number of esters is 1. The molecule has 0 aliphatic carbocycles. The van der Waals surface area contributed by atoms with Gasteiger partial charge >= 0.3 is 12.3 Å². The average Bonchev–Trinajstić information content (AvgIpc) is 3.06. The molecule has 0 aliphatic rings. The van der Waals surface area contributed by atoms with E-state index in [1.54, 1.807) is 24.3 Å². The normalized spacial score (nSPS) is 12.4. The Kier molecular flexibility index (Phi) is 5.21. The molecule has 1 atom stereocenters. The zero-order chi connectivity index (χ0) is 20.3. The number of nitrogens with one attached hydrogen (secondary N) is 2. The minimum atomic E-state index is -4.80. The molecule has 146 valence electrons. The summed E-state index contributed by atoms with van der Waals surface area (Å²) < 4.78 is 45.3. The molecule has 1 heterocycles. The third kappa shape index (κ3) is 4.58. The number of halogens is 3. The first-order valence-corrected chi connectivity index (χ1v) is 8.04. The predicted molar refractivity (Wildman–Crippen MR) is 92.7 cm³/mol. The fourth-order valence-electron chi connectivity index (χ4n) is 2.37. The van der Waals surface area contributed by atoms with Gasteiger partial charge in [0.2, 0.25) is 0 Å². The van der Waals surface area contributed by atoms with Crippen LogP contribution < -0.4 is 10.1 Å². The van der Waals surface area contributed by atoms with E-state index in [2.05, 4.69) is 20.3 Å². The number of fused-ring (bicyclic) bond motifs is 1. The SMILES string of the molecule is CC(OC(=O)c1n[nH]c2ccccc12)C(=O)Nc1ccc(OC(F)(F)F)cc1. The van der Waals surface area contributed by atoms with Gasteiger partial charge in [-0.3, -0.25) is 9.89 Å². The summed E-state index contributed by atoms with van der Waals surface area (Å²) in [5, 5.41) is 9.58. The fourth-order valence-corrected chi connectivity index (χ4v) is 2.37. The van der Waals surface area contributed by atoms with E-state index in [9.17, 15) is 22.8 Å². The summed E-state index contributed by atoms with van der Waals surface area (Å²) in [4.78, 5) is 24.4. The van der Waals surface area contributed by atoms with Crippen LogP contribution >= 0.6 is 0 Å². The van der Waals surface area contributed by atoms with Crippen LogP contribution in [0, 0.1) is 0 Å². The van der Waals surface area contributed by atoms with Gasteiger partial charge in [0.15, 0.2) is 11.8 Å². The molecule has 0 radical (unpaired) electrons. The number of para-hydroxylation sites is 1. The number of hydrogen-bond acceptors (Lipinski definition) is 5. The molecule has 0 aliphatic heterocycles. The van der Waals surface area contributed by atoms with E-state index >= 15 is 0 Å². The zero-order valence-electron chi connectivity index (χ0n) is 14.4. The highest BCUT2D eigenvalue weighted by atomic mass is 19.4. The highest BCUT2D eigenvalue weighted by molar-refractivity contribution is 6.03. The summed E-state index contributed by atoms with van der Waals surface area (Å²) in [6, 6.07) is 11.5. The van der Waals surface area contributed by atoms with E-state index in [4.69, 9.17) is 4.74 Å². The number of aromatic nitrogens is 2. The lowest BCUT2D eigenvalue weighted by atomic mass is 10.2. The first-order valence-electron chi connectivity index (χ1n) is 8.04. The van der Waals surface area contributed by atoms with Gasteiger partial charge in [-0.1, -0.05) is 18.2 Å². The number of H-pyrrole nitrogens is 1. The number of carbonyl (C=O) groups excluding carboxylic acids is 2. The highest BCUT2D eigenvalue weighted by Gasteiger charge is 2.31. The van der Waals surface area contributed by atoms with Crippen LogP contribution in [0.15, 0.2) is 48.5 Å². The number of ether oxygens (including phenoxy) is 2. The van der Waals surface area contributed by atoms with Gasteiger partial charge in [-0.15, -0.1) is 13.2 Å². The Morgan fingerprint density at radius 1 is 1.11 bits per heavy atom. The molecule has 28 heavy (non-hydrogen) atoms. The second-order valence-electron chi connectivity index (χ2n) is 5.73. The summed E-state index contributed by atoms with van der Waals surface area (Å²) in [6.45, 7) is 1.36. The molecular weight excluding hydrogens is 379 g/mol. The molecule has 7 nitrogen and oxygen atoms in total. The van der Waals surface area contributed by atoms with E-state index in [0.29, 0.717) is 10.9 Å². The van der Waals surface area contributed by atoms with Gasteiger partial charge in [0.25, 0.3) is 5.91 Å². The van der Waals surface area contributed by atoms with Crippen LogP contribution in [0.4, 0.5) is 18.9 Å². The molecule has 10 heteroatoms. The van der Waals surface area contributed by atoms with Crippen molar-refractivity contribution in [2.45, 2.75) is 19.4 Å². The van der Waals surface area contributed by atoms with Gasteiger partial charge in [0.1, 0.15) is 5.75 Å². The number of rotatable bonds is 5. The van der Waals surface area contributed by atoms with Crippen molar-refractivity contribution < 1.29 is 32.2 Å². The van der Waals surface area contributed by atoms with E-state index in [1.807, 2.05) is 0 Å². The Hall–Kier alpha value is -3.56. The van der Waals surface area contributed by atoms with Crippen LogP contribution in [-0.4, -0.2) is 34.5 Å².